The van der Waals surface area contributed by atoms with Crippen molar-refractivity contribution in [3.05, 3.63) is 77.4 Å². The van der Waals surface area contributed by atoms with E-state index in [-0.39, 0.29) is 0 Å². The van der Waals surface area contributed by atoms with E-state index in [1.165, 1.54) is 40.3 Å². The SMILES string of the molecule is NC([SiH3])C1CCC(Oc2cccc3ccc(Cc4cccc(C5CCOCC5)c4)cc23)CC1. The Balaban J connectivity index is 1.32. The maximum absolute atomic E-state index is 6.56. The summed E-state index contributed by atoms with van der Waals surface area (Å²) in [5.74, 6) is 2.37. The van der Waals surface area contributed by atoms with Crippen molar-refractivity contribution in [1.82, 2.24) is 0 Å². The van der Waals surface area contributed by atoms with Crippen LogP contribution in [0, 0.1) is 5.92 Å². The molecule has 0 radical (unpaired) electrons. The van der Waals surface area contributed by atoms with Gasteiger partial charge >= 0.3 is 0 Å². The van der Waals surface area contributed by atoms with E-state index in [9.17, 15) is 0 Å². The molecule has 2 fully saturated rings. The molecular weight excluding hydrogens is 422 g/mol. The highest BCUT2D eigenvalue weighted by atomic mass is 28.1. The van der Waals surface area contributed by atoms with Crippen LogP contribution >= 0.6 is 0 Å². The molecule has 0 amide bonds. The maximum atomic E-state index is 6.56. The molecule has 174 valence electrons. The van der Waals surface area contributed by atoms with Gasteiger partial charge in [-0.3, -0.25) is 0 Å². The summed E-state index contributed by atoms with van der Waals surface area (Å²) >= 11 is 0. The second-order valence-corrected chi connectivity index (χ2v) is 11.5. The monoisotopic (exact) mass is 459 g/mol. The van der Waals surface area contributed by atoms with Crippen molar-refractivity contribution in [2.75, 3.05) is 13.2 Å². The lowest BCUT2D eigenvalue weighted by Crippen LogP contribution is -2.35. The van der Waals surface area contributed by atoms with E-state index in [0.29, 0.717) is 23.6 Å². The molecule has 2 aliphatic rings. The molecule has 3 aromatic carbocycles. The first-order chi connectivity index (χ1) is 16.2. The zero-order valence-corrected chi connectivity index (χ0v) is 21.8. The lowest BCUT2D eigenvalue weighted by atomic mass is 9.87. The summed E-state index contributed by atoms with van der Waals surface area (Å²) < 4.78 is 12.1. The van der Waals surface area contributed by atoms with E-state index in [4.69, 9.17) is 15.2 Å². The molecule has 1 atom stereocenters. The zero-order valence-electron chi connectivity index (χ0n) is 19.8. The molecule has 3 nitrogen and oxygen atoms in total. The second-order valence-electron chi connectivity index (χ2n) is 10.1. The van der Waals surface area contributed by atoms with E-state index in [0.717, 1.165) is 61.3 Å². The average Bonchev–Trinajstić information content (AvgIpc) is 2.85. The largest absolute Gasteiger partial charge is 0.490 e. The average molecular weight is 460 g/mol. The Bertz CT molecular complexity index is 1070. The van der Waals surface area contributed by atoms with Crippen LogP contribution in [0.5, 0.6) is 5.75 Å². The van der Waals surface area contributed by atoms with Crippen LogP contribution in [-0.2, 0) is 11.2 Å². The van der Waals surface area contributed by atoms with Crippen molar-refractivity contribution >= 4 is 21.0 Å². The van der Waals surface area contributed by atoms with Gasteiger partial charge in [0.15, 0.2) is 0 Å². The number of hydrogen-bond acceptors (Lipinski definition) is 3. The Labute approximate surface area is 201 Å². The smallest absolute Gasteiger partial charge is 0.127 e. The quantitative estimate of drug-likeness (QED) is 0.533. The van der Waals surface area contributed by atoms with Gasteiger partial charge in [0.2, 0.25) is 0 Å². The van der Waals surface area contributed by atoms with E-state index in [1.807, 2.05) is 0 Å². The topological polar surface area (TPSA) is 44.5 Å². The third-order valence-corrected chi connectivity index (χ3v) is 8.66. The van der Waals surface area contributed by atoms with Crippen molar-refractivity contribution in [2.45, 2.75) is 62.6 Å². The van der Waals surface area contributed by atoms with Gasteiger partial charge in [0, 0.05) is 28.8 Å². The summed E-state index contributed by atoms with van der Waals surface area (Å²) in [7, 11) is 1.09. The summed E-state index contributed by atoms with van der Waals surface area (Å²) in [4.78, 5) is 0. The highest BCUT2D eigenvalue weighted by Gasteiger charge is 2.25. The normalized spacial score (nSPS) is 22.9. The first kappa shape index (κ1) is 22.6. The van der Waals surface area contributed by atoms with Crippen LogP contribution in [-0.4, -0.2) is 35.2 Å². The lowest BCUT2D eigenvalue weighted by Gasteiger charge is -2.31. The standard InChI is InChI=1S/C29H37NO2Si/c30-29(33)24-9-11-26(12-10-24)32-28-6-2-4-23-8-7-21(19-27(23)28)17-20-3-1-5-25(18-20)22-13-15-31-16-14-22/h1-8,18-19,22,24,26,29H,9-17,30H2,33H3. The number of rotatable bonds is 6. The van der Waals surface area contributed by atoms with E-state index in [2.05, 4.69) is 60.7 Å². The Morgan fingerprint density at radius 3 is 2.42 bits per heavy atom. The Morgan fingerprint density at radius 1 is 0.879 bits per heavy atom. The summed E-state index contributed by atoms with van der Waals surface area (Å²) in [5.41, 5.74) is 10.8. The van der Waals surface area contributed by atoms with Crippen LogP contribution in [0.2, 0.25) is 0 Å². The lowest BCUT2D eigenvalue weighted by molar-refractivity contribution is 0.0853. The van der Waals surface area contributed by atoms with Crippen molar-refractivity contribution in [3.63, 3.8) is 0 Å². The van der Waals surface area contributed by atoms with E-state index >= 15 is 0 Å². The van der Waals surface area contributed by atoms with Crippen LogP contribution in [0.1, 0.15) is 61.1 Å². The van der Waals surface area contributed by atoms with Gasteiger partial charge in [0.1, 0.15) is 5.75 Å². The fourth-order valence-corrected chi connectivity index (χ4v) is 6.31. The Morgan fingerprint density at radius 2 is 1.64 bits per heavy atom. The molecule has 0 aromatic heterocycles. The van der Waals surface area contributed by atoms with E-state index in [1.54, 1.807) is 0 Å². The molecule has 1 unspecified atom stereocenters. The molecule has 1 aliphatic carbocycles. The molecule has 4 heteroatoms. The number of hydrogen-bond donors (Lipinski definition) is 1. The molecule has 0 spiro atoms. The third kappa shape index (κ3) is 5.51. The van der Waals surface area contributed by atoms with Crippen LogP contribution in [0.4, 0.5) is 0 Å². The van der Waals surface area contributed by atoms with Gasteiger partial charge in [0.25, 0.3) is 0 Å². The Kier molecular flexibility index (Phi) is 7.15. The molecule has 33 heavy (non-hydrogen) atoms. The fraction of sp³-hybridized carbons (Fsp3) is 0.448. The van der Waals surface area contributed by atoms with Crippen LogP contribution in [0.25, 0.3) is 10.8 Å². The van der Waals surface area contributed by atoms with Crippen molar-refractivity contribution in [2.24, 2.45) is 11.7 Å². The minimum atomic E-state index is 0.312. The van der Waals surface area contributed by atoms with Gasteiger partial charge in [-0.2, -0.15) is 0 Å². The maximum Gasteiger partial charge on any atom is 0.127 e. The highest BCUT2D eigenvalue weighted by molar-refractivity contribution is 6.11. The molecular formula is C29H37NO2Si. The predicted molar refractivity (Wildman–Crippen MR) is 140 cm³/mol. The van der Waals surface area contributed by atoms with Gasteiger partial charge in [-0.15, -0.1) is 0 Å². The minimum absolute atomic E-state index is 0.312. The molecule has 1 aliphatic heterocycles. The molecule has 2 N–H and O–H groups in total. The third-order valence-electron chi connectivity index (χ3n) is 7.71. The first-order valence-electron chi connectivity index (χ1n) is 12.8. The van der Waals surface area contributed by atoms with Crippen molar-refractivity contribution in [3.8, 4) is 5.75 Å². The van der Waals surface area contributed by atoms with Gasteiger partial charge in [-0.05, 0) is 96.7 Å². The summed E-state index contributed by atoms with van der Waals surface area (Å²) in [6, 6.07) is 22.5. The minimum Gasteiger partial charge on any atom is -0.490 e. The van der Waals surface area contributed by atoms with Crippen molar-refractivity contribution in [1.29, 1.82) is 0 Å². The number of benzene rings is 3. The number of fused-ring (bicyclic) bond motifs is 1. The van der Waals surface area contributed by atoms with Crippen LogP contribution < -0.4 is 10.5 Å². The van der Waals surface area contributed by atoms with Gasteiger partial charge in [-0.25, -0.2) is 0 Å². The van der Waals surface area contributed by atoms with E-state index < -0.39 is 0 Å². The molecule has 3 aromatic rings. The van der Waals surface area contributed by atoms with Gasteiger partial charge in [-0.1, -0.05) is 48.5 Å². The summed E-state index contributed by atoms with van der Waals surface area (Å²) in [5, 5.41) is 2.49. The highest BCUT2D eigenvalue weighted by Crippen LogP contribution is 2.33. The zero-order chi connectivity index (χ0) is 22.6. The number of ether oxygens (including phenoxy) is 2. The molecule has 1 saturated heterocycles. The van der Waals surface area contributed by atoms with Crippen molar-refractivity contribution < 1.29 is 9.47 Å². The Hall–Kier alpha value is -2.14. The predicted octanol–water partition coefficient (Wildman–Crippen LogP) is 4.91. The second kappa shape index (κ2) is 10.4. The van der Waals surface area contributed by atoms with Crippen LogP contribution in [0.15, 0.2) is 60.7 Å². The van der Waals surface area contributed by atoms with Gasteiger partial charge in [0.05, 0.1) is 6.10 Å². The molecule has 0 bridgehead atoms. The first-order valence-corrected chi connectivity index (χ1v) is 13.9. The van der Waals surface area contributed by atoms with Gasteiger partial charge < -0.3 is 15.2 Å². The molecule has 1 heterocycles. The molecule has 1 saturated carbocycles. The molecule has 5 rings (SSSR count). The number of nitrogens with two attached hydrogens (primary N) is 1. The fourth-order valence-electron chi connectivity index (χ4n) is 5.64. The van der Waals surface area contributed by atoms with Crippen LogP contribution in [0.3, 0.4) is 0 Å². The summed E-state index contributed by atoms with van der Waals surface area (Å²) in [6.45, 7) is 1.77. The summed E-state index contributed by atoms with van der Waals surface area (Å²) in [6.07, 6.45) is 8.18.